The summed E-state index contributed by atoms with van der Waals surface area (Å²) in [6.07, 6.45) is -2.21. The van der Waals surface area contributed by atoms with Gasteiger partial charge in [0.05, 0.1) is 6.20 Å². The number of amides is 3. The zero-order valence-electron chi connectivity index (χ0n) is 18.9. The lowest BCUT2D eigenvalue weighted by atomic mass is 10.3. The van der Waals surface area contributed by atoms with Crippen LogP contribution in [0, 0.1) is 5.82 Å². The first-order valence-electron chi connectivity index (χ1n) is 10.7. The topological polar surface area (TPSA) is 105 Å². The van der Waals surface area contributed by atoms with Crippen LogP contribution in [0.1, 0.15) is 10.6 Å². The quantitative estimate of drug-likeness (QED) is 0.513. The number of pyridine rings is 1. The third kappa shape index (κ3) is 6.20. The van der Waals surface area contributed by atoms with E-state index in [1.54, 1.807) is 18.0 Å². The minimum absolute atomic E-state index is 0.115. The first-order chi connectivity index (χ1) is 17.1. The first kappa shape index (κ1) is 24.8. The van der Waals surface area contributed by atoms with Crippen molar-refractivity contribution in [2.75, 3.05) is 41.7 Å². The monoisotopic (exact) mass is 507 g/mol. The Morgan fingerprint density at radius 2 is 1.69 bits per heavy atom. The molecule has 3 amide bonds. The molecule has 0 bridgehead atoms. The van der Waals surface area contributed by atoms with Crippen molar-refractivity contribution in [1.82, 2.24) is 19.4 Å². The third-order valence-corrected chi connectivity index (χ3v) is 5.26. The number of alkyl halides is 3. The number of hydrogen-bond acceptors (Lipinski definition) is 6. The van der Waals surface area contributed by atoms with E-state index in [4.69, 9.17) is 0 Å². The zero-order valence-corrected chi connectivity index (χ0v) is 18.9. The Balaban J connectivity index is 1.31. The van der Waals surface area contributed by atoms with Gasteiger partial charge in [-0.2, -0.15) is 0 Å². The predicted octanol–water partition coefficient (Wildman–Crippen LogP) is 3.46. The summed E-state index contributed by atoms with van der Waals surface area (Å²) >= 11 is 0. The highest BCUT2D eigenvalue weighted by atomic mass is 19.4. The molecule has 1 fully saturated rings. The molecular weight excluding hydrogens is 486 g/mol. The smallest absolute Gasteiger partial charge is 0.406 e. The summed E-state index contributed by atoms with van der Waals surface area (Å²) < 4.78 is 55.1. The molecule has 1 saturated heterocycles. The van der Waals surface area contributed by atoms with Crippen molar-refractivity contribution in [3.63, 3.8) is 0 Å². The molecule has 0 unspecified atom stereocenters. The van der Waals surface area contributed by atoms with E-state index in [2.05, 4.69) is 25.3 Å². The van der Waals surface area contributed by atoms with Gasteiger partial charge in [0.2, 0.25) is 5.82 Å². The number of ether oxygens (including phenoxy) is 1. The highest BCUT2D eigenvalue weighted by Crippen LogP contribution is 2.24. The Bertz CT molecular complexity index is 1220. The summed E-state index contributed by atoms with van der Waals surface area (Å²) in [6.45, 7) is 1.83. The van der Waals surface area contributed by atoms with Gasteiger partial charge in [0, 0.05) is 45.1 Å². The molecule has 2 aromatic heterocycles. The van der Waals surface area contributed by atoms with Crippen LogP contribution < -0.4 is 20.3 Å². The van der Waals surface area contributed by atoms with E-state index in [-0.39, 0.29) is 23.2 Å². The lowest BCUT2D eigenvalue weighted by Gasteiger charge is -2.35. The molecule has 0 aliphatic carbocycles. The number of piperazine rings is 1. The Kier molecular flexibility index (Phi) is 6.94. The molecule has 1 aliphatic heterocycles. The Morgan fingerprint density at radius 3 is 2.31 bits per heavy atom. The maximum atomic E-state index is 13.1. The van der Waals surface area contributed by atoms with E-state index in [1.807, 2.05) is 4.90 Å². The van der Waals surface area contributed by atoms with E-state index in [0.29, 0.717) is 32.0 Å². The van der Waals surface area contributed by atoms with Crippen LogP contribution in [-0.4, -0.2) is 63.9 Å². The number of hydrogen-bond donors (Lipinski definition) is 2. The zero-order chi connectivity index (χ0) is 25.9. The van der Waals surface area contributed by atoms with Gasteiger partial charge in [0.25, 0.3) is 5.91 Å². The number of aryl methyl sites for hydroxylation is 1. The highest BCUT2D eigenvalue weighted by molar-refractivity contribution is 5.99. The Labute approximate surface area is 202 Å². The number of nitrogens with zero attached hydrogens (tertiary/aromatic N) is 5. The molecule has 0 atom stereocenters. The first-order valence-corrected chi connectivity index (χ1v) is 10.7. The summed E-state index contributed by atoms with van der Waals surface area (Å²) in [5.74, 6) is -0.305. The van der Waals surface area contributed by atoms with Crippen molar-refractivity contribution in [3.05, 3.63) is 60.4 Å². The minimum atomic E-state index is -4.81. The summed E-state index contributed by atoms with van der Waals surface area (Å²) in [4.78, 5) is 37.1. The van der Waals surface area contributed by atoms with E-state index in [9.17, 15) is 27.2 Å². The maximum Gasteiger partial charge on any atom is 0.573 e. The number of aromatic nitrogens is 3. The number of imidazole rings is 1. The fraction of sp³-hybridized carbons (Fsp3) is 0.273. The van der Waals surface area contributed by atoms with Crippen LogP contribution in [0.2, 0.25) is 0 Å². The van der Waals surface area contributed by atoms with E-state index < -0.39 is 24.0 Å². The van der Waals surface area contributed by atoms with Gasteiger partial charge < -0.3 is 24.4 Å². The third-order valence-electron chi connectivity index (χ3n) is 5.26. The van der Waals surface area contributed by atoms with Crippen LogP contribution in [-0.2, 0) is 7.05 Å². The predicted molar refractivity (Wildman–Crippen MR) is 121 cm³/mol. The SMILES string of the molecule is Cn1cc(NC(=O)Nc2ccc(OC(F)(F)F)cc2)nc1C(=O)N1CCN(c2ccc(F)cn2)CC1. The number of rotatable bonds is 5. The fourth-order valence-electron chi connectivity index (χ4n) is 3.58. The van der Waals surface area contributed by atoms with Gasteiger partial charge in [0.15, 0.2) is 5.82 Å². The van der Waals surface area contributed by atoms with Gasteiger partial charge in [-0.3, -0.25) is 10.1 Å². The lowest BCUT2D eigenvalue weighted by Crippen LogP contribution is -2.49. The molecule has 1 aliphatic rings. The molecule has 36 heavy (non-hydrogen) atoms. The van der Waals surface area contributed by atoms with Crippen molar-refractivity contribution in [1.29, 1.82) is 0 Å². The average molecular weight is 507 g/mol. The van der Waals surface area contributed by atoms with E-state index in [0.717, 1.165) is 18.3 Å². The van der Waals surface area contributed by atoms with Crippen LogP contribution in [0.15, 0.2) is 48.8 Å². The van der Waals surface area contributed by atoms with Gasteiger partial charge in [0.1, 0.15) is 17.4 Å². The molecule has 10 nitrogen and oxygen atoms in total. The van der Waals surface area contributed by atoms with Crippen LogP contribution in [0.25, 0.3) is 0 Å². The molecule has 1 aromatic carbocycles. The van der Waals surface area contributed by atoms with Crippen LogP contribution >= 0.6 is 0 Å². The second-order valence-electron chi connectivity index (χ2n) is 7.83. The molecular formula is C22H21F4N7O3. The number of anilines is 3. The molecule has 0 saturated carbocycles. The van der Waals surface area contributed by atoms with Crippen molar-refractivity contribution in [2.45, 2.75) is 6.36 Å². The summed E-state index contributed by atoms with van der Waals surface area (Å²) in [7, 11) is 1.61. The highest BCUT2D eigenvalue weighted by Gasteiger charge is 2.31. The van der Waals surface area contributed by atoms with Gasteiger partial charge in [-0.1, -0.05) is 0 Å². The lowest BCUT2D eigenvalue weighted by molar-refractivity contribution is -0.274. The minimum Gasteiger partial charge on any atom is -0.406 e. The summed E-state index contributed by atoms with van der Waals surface area (Å²) in [6, 6.07) is 6.83. The normalized spacial score (nSPS) is 13.9. The molecule has 3 heterocycles. The Morgan fingerprint density at radius 1 is 1.00 bits per heavy atom. The van der Waals surface area contributed by atoms with Crippen molar-refractivity contribution in [3.8, 4) is 5.75 Å². The molecule has 4 rings (SSSR count). The molecule has 2 N–H and O–H groups in total. The second-order valence-corrected chi connectivity index (χ2v) is 7.83. The van der Waals surface area contributed by atoms with Crippen molar-refractivity contribution in [2.24, 2.45) is 7.05 Å². The maximum absolute atomic E-state index is 13.1. The second kappa shape index (κ2) is 10.1. The molecule has 0 spiro atoms. The number of nitrogens with one attached hydrogen (secondary N) is 2. The van der Waals surface area contributed by atoms with Crippen LogP contribution in [0.5, 0.6) is 5.75 Å². The number of urea groups is 1. The van der Waals surface area contributed by atoms with Gasteiger partial charge in [-0.05, 0) is 36.4 Å². The number of benzene rings is 1. The van der Waals surface area contributed by atoms with Crippen molar-refractivity contribution < 1.29 is 31.9 Å². The molecule has 3 aromatic rings. The van der Waals surface area contributed by atoms with Crippen LogP contribution in [0.4, 0.5) is 39.7 Å². The molecule has 14 heteroatoms. The largest absolute Gasteiger partial charge is 0.573 e. The molecule has 190 valence electrons. The Hall–Kier alpha value is -4.36. The summed E-state index contributed by atoms with van der Waals surface area (Å²) in [5, 5.41) is 4.94. The van der Waals surface area contributed by atoms with E-state index in [1.165, 1.54) is 29.0 Å². The fourth-order valence-corrected chi connectivity index (χ4v) is 3.58. The number of carbonyl (C=O) groups is 2. The van der Waals surface area contributed by atoms with E-state index >= 15 is 0 Å². The molecule has 0 radical (unpaired) electrons. The standard InChI is InChI=1S/C22H21F4N7O3/c1-31-13-17(30-21(35)28-15-3-5-16(6-4-15)36-22(24,25)26)29-19(31)20(34)33-10-8-32(9-11-33)18-7-2-14(23)12-27-18/h2-7,12-13H,8-11H2,1H3,(H2,28,30,35). The van der Waals surface area contributed by atoms with Crippen molar-refractivity contribution >= 4 is 29.3 Å². The number of carbonyl (C=O) groups excluding carboxylic acids is 2. The number of halogens is 4. The van der Waals surface area contributed by atoms with Crippen LogP contribution in [0.3, 0.4) is 0 Å². The average Bonchev–Trinajstić information content (AvgIpc) is 3.19. The van der Waals surface area contributed by atoms with Gasteiger partial charge in [-0.15, -0.1) is 13.2 Å². The van der Waals surface area contributed by atoms with Gasteiger partial charge in [-0.25, -0.2) is 19.2 Å². The summed E-state index contributed by atoms with van der Waals surface area (Å²) in [5.41, 5.74) is 0.225. The van der Waals surface area contributed by atoms with Gasteiger partial charge >= 0.3 is 12.4 Å².